The number of rotatable bonds is 8. The van der Waals surface area contributed by atoms with E-state index in [0.29, 0.717) is 11.1 Å². The number of nitrogens with zero attached hydrogens (tertiary/aromatic N) is 3. The van der Waals surface area contributed by atoms with Crippen LogP contribution in [0.15, 0.2) is 27.8 Å². The Morgan fingerprint density at radius 2 is 2.00 bits per heavy atom. The maximum absolute atomic E-state index is 14.2. The van der Waals surface area contributed by atoms with Crippen molar-refractivity contribution in [3.63, 3.8) is 0 Å². The molecule has 0 fully saturated rings. The molecule has 1 heterocycles. The Morgan fingerprint density at radius 1 is 1.33 bits per heavy atom. The predicted molar refractivity (Wildman–Crippen MR) is 110 cm³/mol. The Balaban J connectivity index is 2.22. The van der Waals surface area contributed by atoms with Crippen LogP contribution in [0, 0.1) is 5.82 Å². The van der Waals surface area contributed by atoms with E-state index in [2.05, 4.69) is 52.4 Å². The molecule has 27 heavy (non-hydrogen) atoms. The molecule has 0 unspecified atom stereocenters. The molecule has 0 saturated carbocycles. The third-order valence-electron chi connectivity index (χ3n) is 4.31. The smallest absolute Gasteiger partial charge is 0.248 e. The zero-order chi connectivity index (χ0) is 20.4. The van der Waals surface area contributed by atoms with Gasteiger partial charge < -0.3 is 4.74 Å². The molecular formula is C17H24BrFN3O3S2+. The van der Waals surface area contributed by atoms with Crippen LogP contribution in [-0.4, -0.2) is 53.3 Å². The highest BCUT2D eigenvalue weighted by Crippen LogP contribution is 2.24. The number of aromatic nitrogens is 3. The molecule has 6 nitrogen and oxygen atoms in total. The maximum Gasteiger partial charge on any atom is 0.248 e. The summed E-state index contributed by atoms with van der Waals surface area (Å²) in [6, 6.07) is 4.42. The first kappa shape index (κ1) is 22.3. The second kappa shape index (κ2) is 8.59. The van der Waals surface area contributed by atoms with Gasteiger partial charge in [0.05, 0.1) is 24.7 Å². The number of ether oxygens (including phenoxy) is 1. The second-order valence-electron chi connectivity index (χ2n) is 6.98. The average molecular weight is 481 g/mol. The third-order valence-corrected chi connectivity index (χ3v) is 8.18. The topological polar surface area (TPSA) is 74.1 Å². The van der Waals surface area contributed by atoms with Crippen LogP contribution in [0.25, 0.3) is 11.4 Å². The van der Waals surface area contributed by atoms with Gasteiger partial charge >= 0.3 is 0 Å². The van der Waals surface area contributed by atoms with E-state index in [1.807, 2.05) is 0 Å². The summed E-state index contributed by atoms with van der Waals surface area (Å²) in [4.78, 5) is 4.03. The number of sulfone groups is 1. The summed E-state index contributed by atoms with van der Waals surface area (Å²) in [7, 11) is -3.42. The molecule has 0 radical (unpaired) electrons. The van der Waals surface area contributed by atoms with Crippen LogP contribution < -0.4 is 0 Å². The first-order valence-corrected chi connectivity index (χ1v) is 12.9. The lowest BCUT2D eigenvalue weighted by molar-refractivity contribution is 0.0572. The van der Waals surface area contributed by atoms with Crippen molar-refractivity contribution in [1.29, 1.82) is 0 Å². The molecule has 0 aliphatic heterocycles. The van der Waals surface area contributed by atoms with E-state index in [4.69, 9.17) is 4.74 Å². The summed E-state index contributed by atoms with van der Waals surface area (Å²) < 4.78 is 45.8. The van der Waals surface area contributed by atoms with E-state index < -0.39 is 15.7 Å². The third kappa shape index (κ3) is 5.75. The molecule has 1 aromatic heterocycles. The fraction of sp³-hybridized carbons (Fsp3) is 0.529. The van der Waals surface area contributed by atoms with Crippen LogP contribution in [0.5, 0.6) is 0 Å². The molecule has 0 bridgehead atoms. The highest BCUT2D eigenvalue weighted by molar-refractivity contribution is 9.10. The van der Waals surface area contributed by atoms with E-state index in [1.165, 1.54) is 12.1 Å². The Hall–Kier alpha value is -0.970. The van der Waals surface area contributed by atoms with Gasteiger partial charge in [-0.3, -0.25) is 0 Å². The highest BCUT2D eigenvalue weighted by atomic mass is 79.9. The van der Waals surface area contributed by atoms with Crippen LogP contribution >= 0.6 is 15.9 Å². The SMILES string of the molecule is C[S+](C)C(C)(C)CCOCn1nc(-c2ccc(Br)cc2F)nc1S(C)(=O)=O. The van der Waals surface area contributed by atoms with Crippen LogP contribution in [-0.2, 0) is 32.2 Å². The average Bonchev–Trinajstić information content (AvgIpc) is 2.95. The largest absolute Gasteiger partial charge is 0.359 e. The van der Waals surface area contributed by atoms with Gasteiger partial charge in [-0.1, -0.05) is 15.9 Å². The second-order valence-corrected chi connectivity index (χ2v) is 12.5. The molecule has 0 saturated heterocycles. The Labute approximate surface area is 170 Å². The van der Waals surface area contributed by atoms with Gasteiger partial charge in [0.1, 0.15) is 17.3 Å². The van der Waals surface area contributed by atoms with E-state index in [1.54, 1.807) is 6.07 Å². The van der Waals surface area contributed by atoms with Crippen molar-refractivity contribution in [3.8, 4) is 11.4 Å². The van der Waals surface area contributed by atoms with Crippen LogP contribution in [0.3, 0.4) is 0 Å². The number of hydrogen-bond donors (Lipinski definition) is 0. The first-order chi connectivity index (χ1) is 12.4. The van der Waals surface area contributed by atoms with Crippen molar-refractivity contribution < 1.29 is 17.5 Å². The zero-order valence-corrected chi connectivity index (χ0v) is 19.2. The Morgan fingerprint density at radius 3 is 2.56 bits per heavy atom. The molecule has 2 aromatic rings. The van der Waals surface area contributed by atoms with Gasteiger partial charge in [-0.15, -0.1) is 5.10 Å². The molecule has 2 rings (SSSR count). The Kier molecular flexibility index (Phi) is 7.10. The van der Waals surface area contributed by atoms with E-state index in [9.17, 15) is 12.8 Å². The summed E-state index contributed by atoms with van der Waals surface area (Å²) >= 11 is 3.19. The number of halogens is 2. The van der Waals surface area contributed by atoms with Gasteiger partial charge in [-0.2, -0.15) is 4.98 Å². The summed E-state index contributed by atoms with van der Waals surface area (Å²) in [6.07, 6.45) is 6.23. The summed E-state index contributed by atoms with van der Waals surface area (Å²) in [5, 5.41) is 3.91. The molecule has 0 atom stereocenters. The standard InChI is InChI=1S/C17H24BrFN3O3S2/c1-17(2,26(3)4)8-9-25-11-22-16(27(5,23)24)20-15(21-22)13-7-6-12(18)10-14(13)19/h6-7,10H,8-9,11H2,1-5H3/q+1. The van der Waals surface area contributed by atoms with Gasteiger partial charge in [-0.05, 0) is 42.9 Å². The van der Waals surface area contributed by atoms with E-state index >= 15 is 0 Å². The molecule has 0 spiro atoms. The lowest BCUT2D eigenvalue weighted by Crippen LogP contribution is -2.31. The zero-order valence-electron chi connectivity index (χ0n) is 16.0. The fourth-order valence-electron chi connectivity index (χ4n) is 2.14. The Bertz CT molecular complexity index is 914. The van der Waals surface area contributed by atoms with Crippen molar-refractivity contribution in [2.45, 2.75) is 36.9 Å². The summed E-state index contributed by atoms with van der Waals surface area (Å²) in [5.41, 5.74) is 0.129. The minimum absolute atomic E-state index is 0.00742. The summed E-state index contributed by atoms with van der Waals surface area (Å²) in [6.45, 7) is 4.74. The minimum atomic E-state index is -3.64. The first-order valence-electron chi connectivity index (χ1n) is 8.17. The van der Waals surface area contributed by atoms with E-state index in [-0.39, 0.29) is 38.9 Å². The van der Waals surface area contributed by atoms with Crippen LogP contribution in [0.4, 0.5) is 4.39 Å². The molecule has 1 aromatic carbocycles. The quantitative estimate of drug-likeness (QED) is 0.428. The van der Waals surface area contributed by atoms with Crippen molar-refractivity contribution in [2.24, 2.45) is 0 Å². The van der Waals surface area contributed by atoms with Gasteiger partial charge in [-0.25, -0.2) is 17.5 Å². The minimum Gasteiger partial charge on any atom is -0.359 e. The maximum atomic E-state index is 14.2. The molecular weight excluding hydrogens is 457 g/mol. The molecule has 0 aliphatic rings. The lowest BCUT2D eigenvalue weighted by Gasteiger charge is -2.20. The number of hydrogen-bond acceptors (Lipinski definition) is 5. The molecule has 0 aliphatic carbocycles. The fourth-order valence-corrected chi connectivity index (χ4v) is 3.70. The van der Waals surface area contributed by atoms with Gasteiger partial charge in [0.25, 0.3) is 0 Å². The lowest BCUT2D eigenvalue weighted by atomic mass is 10.1. The van der Waals surface area contributed by atoms with Crippen LogP contribution in [0.2, 0.25) is 0 Å². The monoisotopic (exact) mass is 480 g/mol. The normalized spacial score (nSPS) is 12.7. The van der Waals surface area contributed by atoms with Crippen LogP contribution in [0.1, 0.15) is 20.3 Å². The molecule has 10 heteroatoms. The van der Waals surface area contributed by atoms with Gasteiger partial charge in [0.15, 0.2) is 5.82 Å². The van der Waals surface area contributed by atoms with Crippen molar-refractivity contribution in [2.75, 3.05) is 25.4 Å². The van der Waals surface area contributed by atoms with Crippen molar-refractivity contribution >= 4 is 36.7 Å². The van der Waals surface area contributed by atoms with Crippen molar-refractivity contribution in [1.82, 2.24) is 14.8 Å². The number of benzene rings is 1. The van der Waals surface area contributed by atoms with Crippen molar-refractivity contribution in [3.05, 3.63) is 28.5 Å². The molecule has 0 amide bonds. The summed E-state index contributed by atoms with van der Waals surface area (Å²) in [5.74, 6) is -0.532. The molecule has 150 valence electrons. The van der Waals surface area contributed by atoms with Gasteiger partial charge in [0.2, 0.25) is 15.0 Å². The predicted octanol–water partition coefficient (Wildman–Crippen LogP) is 3.27. The molecule has 0 N–H and O–H groups in total. The van der Waals surface area contributed by atoms with E-state index in [0.717, 1.165) is 17.4 Å². The highest BCUT2D eigenvalue weighted by Gasteiger charge is 2.30. The van der Waals surface area contributed by atoms with Gasteiger partial charge in [0, 0.05) is 17.1 Å².